The Morgan fingerprint density at radius 3 is 2.72 bits per heavy atom. The number of hydrogen-bond acceptors (Lipinski definition) is 5. The molecule has 1 aliphatic heterocycles. The molecule has 1 saturated heterocycles. The van der Waals surface area contributed by atoms with Crippen LogP contribution >= 0.6 is 0 Å². The summed E-state index contributed by atoms with van der Waals surface area (Å²) in [5, 5.41) is 0. The number of rotatable bonds is 7. The van der Waals surface area contributed by atoms with Gasteiger partial charge < -0.3 is 9.64 Å². The molecule has 0 spiro atoms. The van der Waals surface area contributed by atoms with Crippen LogP contribution in [0.3, 0.4) is 0 Å². The minimum absolute atomic E-state index is 0.0611. The Labute approximate surface area is 170 Å². The van der Waals surface area contributed by atoms with Crippen LogP contribution in [0.25, 0.3) is 11.3 Å². The van der Waals surface area contributed by atoms with E-state index in [1.54, 1.807) is 30.1 Å². The second-order valence-electron chi connectivity index (χ2n) is 7.39. The summed E-state index contributed by atoms with van der Waals surface area (Å²) in [6.07, 6.45) is 6.58. The second-order valence-corrected chi connectivity index (χ2v) is 7.39. The molecule has 0 saturated carbocycles. The van der Waals surface area contributed by atoms with Gasteiger partial charge in [0.1, 0.15) is 0 Å². The molecular formula is C23H26N4O2. The third-order valence-electron chi connectivity index (χ3n) is 5.32. The number of aromatic nitrogens is 3. The van der Waals surface area contributed by atoms with Crippen LogP contribution in [0, 0.1) is 0 Å². The zero-order valence-corrected chi connectivity index (χ0v) is 16.7. The van der Waals surface area contributed by atoms with Crippen LogP contribution in [0.2, 0.25) is 0 Å². The van der Waals surface area contributed by atoms with Crippen molar-refractivity contribution < 1.29 is 4.74 Å². The quantitative estimate of drug-likeness (QED) is 0.580. The van der Waals surface area contributed by atoms with Gasteiger partial charge in [0.05, 0.1) is 11.8 Å². The molecule has 1 aromatic carbocycles. The molecule has 29 heavy (non-hydrogen) atoms. The van der Waals surface area contributed by atoms with Gasteiger partial charge in [0.25, 0.3) is 5.56 Å². The molecule has 0 amide bonds. The van der Waals surface area contributed by atoms with Gasteiger partial charge in [-0.2, -0.15) is 0 Å². The fourth-order valence-corrected chi connectivity index (χ4v) is 3.70. The fourth-order valence-electron chi connectivity index (χ4n) is 3.70. The number of hydrogen-bond donors (Lipinski definition) is 0. The Hall–Kier alpha value is -2.99. The molecular weight excluding hydrogens is 364 g/mol. The van der Waals surface area contributed by atoms with E-state index in [0.717, 1.165) is 44.5 Å². The van der Waals surface area contributed by atoms with Crippen LogP contribution in [0.1, 0.15) is 18.4 Å². The summed E-state index contributed by atoms with van der Waals surface area (Å²) in [7, 11) is 1.77. The summed E-state index contributed by atoms with van der Waals surface area (Å²) >= 11 is 0. The van der Waals surface area contributed by atoms with Gasteiger partial charge in [0.15, 0.2) is 0 Å². The topological polar surface area (TPSA) is 60.2 Å². The van der Waals surface area contributed by atoms with Crippen molar-refractivity contribution in [3.8, 4) is 11.3 Å². The van der Waals surface area contributed by atoms with E-state index in [9.17, 15) is 4.79 Å². The zero-order chi connectivity index (χ0) is 20.1. The fraction of sp³-hybridized carbons (Fsp3) is 0.348. The Kier molecular flexibility index (Phi) is 6.00. The van der Waals surface area contributed by atoms with Gasteiger partial charge in [-0.25, -0.2) is 4.98 Å². The van der Waals surface area contributed by atoms with Crippen LogP contribution in [-0.2, 0) is 18.2 Å². The minimum atomic E-state index is -0.0611. The largest absolute Gasteiger partial charge is 0.376 e. The molecule has 1 unspecified atom stereocenters. The molecule has 3 aromatic rings. The number of benzene rings is 1. The van der Waals surface area contributed by atoms with E-state index < -0.39 is 0 Å². The summed E-state index contributed by atoms with van der Waals surface area (Å²) in [5.74, 6) is 0.694. The lowest BCUT2D eigenvalue weighted by atomic mass is 10.1. The molecule has 0 N–H and O–H groups in total. The molecule has 4 rings (SSSR count). The molecule has 0 bridgehead atoms. The highest BCUT2D eigenvalue weighted by atomic mass is 16.5. The van der Waals surface area contributed by atoms with Crippen LogP contribution < -0.4 is 10.5 Å². The van der Waals surface area contributed by atoms with Gasteiger partial charge in [0.2, 0.25) is 5.95 Å². The molecule has 6 nitrogen and oxygen atoms in total. The first-order chi connectivity index (χ1) is 14.2. The number of nitrogens with zero attached hydrogens (tertiary/aromatic N) is 4. The lowest BCUT2D eigenvalue weighted by Gasteiger charge is -2.21. The summed E-state index contributed by atoms with van der Waals surface area (Å²) < 4.78 is 7.71. The average molecular weight is 390 g/mol. The number of ether oxygens (including phenoxy) is 1. The smallest absolute Gasteiger partial charge is 0.255 e. The second kappa shape index (κ2) is 9.01. The van der Waals surface area contributed by atoms with E-state index >= 15 is 0 Å². The lowest BCUT2D eigenvalue weighted by molar-refractivity contribution is 0.0666. The van der Waals surface area contributed by atoms with Gasteiger partial charge in [-0.05, 0) is 37.0 Å². The summed E-state index contributed by atoms with van der Waals surface area (Å²) in [5.41, 5.74) is 2.86. The highest BCUT2D eigenvalue weighted by Crippen LogP contribution is 2.22. The van der Waals surface area contributed by atoms with Gasteiger partial charge in [-0.1, -0.05) is 30.3 Å². The maximum atomic E-state index is 12.5. The normalized spacial score (nSPS) is 16.3. The van der Waals surface area contributed by atoms with Gasteiger partial charge in [-0.3, -0.25) is 14.3 Å². The lowest BCUT2D eigenvalue weighted by Crippen LogP contribution is -2.31. The Morgan fingerprint density at radius 1 is 1.14 bits per heavy atom. The third-order valence-corrected chi connectivity index (χ3v) is 5.32. The first-order valence-corrected chi connectivity index (χ1v) is 10.1. The van der Waals surface area contributed by atoms with Gasteiger partial charge in [-0.15, -0.1) is 0 Å². The van der Waals surface area contributed by atoms with Crippen molar-refractivity contribution in [2.24, 2.45) is 7.05 Å². The monoisotopic (exact) mass is 390 g/mol. The van der Waals surface area contributed by atoms with E-state index in [4.69, 9.17) is 9.72 Å². The zero-order valence-electron chi connectivity index (χ0n) is 16.7. The minimum Gasteiger partial charge on any atom is -0.376 e. The molecule has 150 valence electrons. The Bertz CT molecular complexity index is 989. The molecule has 1 atom stereocenters. The first-order valence-electron chi connectivity index (χ1n) is 10.1. The molecule has 0 aliphatic carbocycles. The maximum absolute atomic E-state index is 12.5. The standard InChI is InChI=1S/C23H26N4O2/c1-26-22(28)16-21(19-9-12-24-13-10-19)25-23(26)27-14-11-20(17-27)29-15-5-8-18-6-3-2-4-7-18/h2-4,6-7,9-10,12-13,16,20H,5,8,11,14-15,17H2,1H3. The molecule has 6 heteroatoms. The molecule has 3 heterocycles. The molecule has 2 aromatic heterocycles. The Morgan fingerprint density at radius 2 is 1.93 bits per heavy atom. The van der Waals surface area contributed by atoms with Crippen LogP contribution in [0.5, 0.6) is 0 Å². The van der Waals surface area contributed by atoms with Crippen molar-refractivity contribution in [3.05, 3.63) is 76.8 Å². The number of aryl methyl sites for hydroxylation is 1. The highest BCUT2D eigenvalue weighted by molar-refractivity contribution is 5.59. The number of anilines is 1. The van der Waals surface area contributed by atoms with E-state index in [1.165, 1.54) is 5.56 Å². The van der Waals surface area contributed by atoms with E-state index in [-0.39, 0.29) is 11.7 Å². The van der Waals surface area contributed by atoms with E-state index in [2.05, 4.69) is 34.1 Å². The molecule has 0 radical (unpaired) electrons. The predicted octanol–water partition coefficient (Wildman–Crippen LogP) is 3.07. The van der Waals surface area contributed by atoms with Gasteiger partial charge in [0, 0.05) is 50.8 Å². The molecule has 1 fully saturated rings. The highest BCUT2D eigenvalue weighted by Gasteiger charge is 2.26. The average Bonchev–Trinajstić information content (AvgIpc) is 3.23. The first kappa shape index (κ1) is 19.3. The van der Waals surface area contributed by atoms with Crippen molar-refractivity contribution in [1.29, 1.82) is 0 Å². The van der Waals surface area contributed by atoms with Crippen molar-refractivity contribution in [2.75, 3.05) is 24.6 Å². The van der Waals surface area contributed by atoms with Gasteiger partial charge >= 0.3 is 0 Å². The predicted molar refractivity (Wildman–Crippen MR) is 114 cm³/mol. The Balaban J connectivity index is 1.37. The summed E-state index contributed by atoms with van der Waals surface area (Å²) in [6.45, 7) is 2.34. The van der Waals surface area contributed by atoms with Crippen LogP contribution in [0.15, 0.2) is 65.7 Å². The molecule has 1 aliphatic rings. The summed E-state index contributed by atoms with van der Waals surface area (Å²) in [6, 6.07) is 15.8. The summed E-state index contributed by atoms with van der Waals surface area (Å²) in [4.78, 5) is 23.4. The SMILES string of the molecule is Cn1c(N2CCC(OCCCc3ccccc3)C2)nc(-c2ccncc2)cc1=O. The maximum Gasteiger partial charge on any atom is 0.255 e. The van der Waals surface area contributed by atoms with Crippen LogP contribution in [-0.4, -0.2) is 40.3 Å². The van der Waals surface area contributed by atoms with Crippen LogP contribution in [0.4, 0.5) is 5.95 Å². The van der Waals surface area contributed by atoms with Crippen molar-refractivity contribution in [3.63, 3.8) is 0 Å². The van der Waals surface area contributed by atoms with E-state index in [0.29, 0.717) is 11.6 Å². The third kappa shape index (κ3) is 4.71. The number of pyridine rings is 1. The van der Waals surface area contributed by atoms with Crippen molar-refractivity contribution in [1.82, 2.24) is 14.5 Å². The van der Waals surface area contributed by atoms with Crippen molar-refractivity contribution in [2.45, 2.75) is 25.4 Å². The van der Waals surface area contributed by atoms with E-state index in [1.807, 2.05) is 18.2 Å². The van der Waals surface area contributed by atoms with Crippen molar-refractivity contribution >= 4 is 5.95 Å².